The minimum atomic E-state index is -2.22. The molecular weight excluding hydrogens is 222 g/mol. The van der Waals surface area contributed by atoms with Crippen molar-refractivity contribution >= 4 is 5.78 Å². The molecule has 0 spiro atoms. The summed E-state index contributed by atoms with van der Waals surface area (Å²) in [5.74, 6) is 0.883. The van der Waals surface area contributed by atoms with Crippen molar-refractivity contribution in [2.24, 2.45) is 23.2 Å². The first-order chi connectivity index (χ1) is 7.95. The highest BCUT2D eigenvalue weighted by Crippen LogP contribution is 2.57. The van der Waals surface area contributed by atoms with E-state index in [0.717, 1.165) is 25.7 Å². The highest BCUT2D eigenvalue weighted by molar-refractivity contribution is 5.83. The highest BCUT2D eigenvalue weighted by atomic mass is 19.3. The highest BCUT2D eigenvalue weighted by Gasteiger charge is 2.52. The molecule has 17 heavy (non-hydrogen) atoms. The van der Waals surface area contributed by atoms with Crippen molar-refractivity contribution < 1.29 is 13.6 Å². The van der Waals surface area contributed by atoms with Crippen LogP contribution >= 0.6 is 0 Å². The molecule has 98 valence electrons. The van der Waals surface area contributed by atoms with Crippen molar-refractivity contribution in [3.63, 3.8) is 0 Å². The van der Waals surface area contributed by atoms with Crippen molar-refractivity contribution in [3.8, 4) is 0 Å². The summed E-state index contributed by atoms with van der Waals surface area (Å²) >= 11 is 0. The molecule has 1 unspecified atom stereocenters. The second-order valence-electron chi connectivity index (χ2n) is 6.17. The van der Waals surface area contributed by atoms with Crippen LogP contribution < -0.4 is 0 Å². The molecule has 4 atom stereocenters. The monoisotopic (exact) mass is 244 g/mol. The SMILES string of the molecule is CC(CC(F)F)[C@H]1CC[C@H]2C(=O)CCC[C@]12C. The molecule has 2 fully saturated rings. The van der Waals surface area contributed by atoms with Crippen LogP contribution in [0.15, 0.2) is 0 Å². The summed E-state index contributed by atoms with van der Waals surface area (Å²) in [5.41, 5.74) is 0.00361. The van der Waals surface area contributed by atoms with E-state index in [1.807, 2.05) is 6.92 Å². The molecule has 0 N–H and O–H groups in total. The van der Waals surface area contributed by atoms with Gasteiger partial charge in [-0.1, -0.05) is 13.8 Å². The fraction of sp³-hybridized carbons (Fsp3) is 0.929. The molecule has 3 heteroatoms. The van der Waals surface area contributed by atoms with Crippen molar-refractivity contribution in [2.45, 2.75) is 58.8 Å². The summed E-state index contributed by atoms with van der Waals surface area (Å²) < 4.78 is 25.0. The van der Waals surface area contributed by atoms with E-state index in [-0.39, 0.29) is 23.7 Å². The van der Waals surface area contributed by atoms with Gasteiger partial charge >= 0.3 is 0 Å². The second kappa shape index (κ2) is 4.66. The number of carbonyl (C=O) groups is 1. The van der Waals surface area contributed by atoms with Gasteiger partial charge in [-0.2, -0.15) is 0 Å². The van der Waals surface area contributed by atoms with Crippen LogP contribution in [-0.2, 0) is 4.79 Å². The maximum atomic E-state index is 12.5. The van der Waals surface area contributed by atoms with Crippen molar-refractivity contribution in [3.05, 3.63) is 0 Å². The summed E-state index contributed by atoms with van der Waals surface area (Å²) in [6.07, 6.45) is 2.35. The van der Waals surface area contributed by atoms with Crippen LogP contribution in [0, 0.1) is 23.2 Å². The Morgan fingerprint density at radius 2 is 2.12 bits per heavy atom. The zero-order chi connectivity index (χ0) is 12.6. The lowest BCUT2D eigenvalue weighted by Gasteiger charge is -2.42. The number of halogens is 2. The Morgan fingerprint density at radius 3 is 2.76 bits per heavy atom. The first kappa shape index (κ1) is 13.0. The lowest BCUT2D eigenvalue weighted by Crippen LogP contribution is -2.39. The largest absolute Gasteiger partial charge is 0.299 e. The molecule has 2 aliphatic carbocycles. The number of rotatable bonds is 3. The molecule has 0 radical (unpaired) electrons. The van der Waals surface area contributed by atoms with Crippen LogP contribution in [0.5, 0.6) is 0 Å². The molecule has 2 saturated carbocycles. The summed E-state index contributed by atoms with van der Waals surface area (Å²) in [5, 5.41) is 0. The van der Waals surface area contributed by atoms with Gasteiger partial charge in [0, 0.05) is 18.8 Å². The van der Waals surface area contributed by atoms with Gasteiger partial charge in [0.15, 0.2) is 0 Å². The van der Waals surface area contributed by atoms with Gasteiger partial charge < -0.3 is 0 Å². The van der Waals surface area contributed by atoms with Gasteiger partial charge in [0.2, 0.25) is 6.43 Å². The Hall–Kier alpha value is -0.470. The molecule has 2 aliphatic rings. The molecule has 1 nitrogen and oxygen atoms in total. The molecule has 0 saturated heterocycles. The number of alkyl halides is 2. The van der Waals surface area contributed by atoms with Gasteiger partial charge in [-0.05, 0) is 42.9 Å². The standard InChI is InChI=1S/C14H22F2O/c1-9(8-13(15)16)10-5-6-11-12(17)4-3-7-14(10,11)2/h9-11,13H,3-8H2,1-2H3/t9?,10-,11+,14-/m1/s1. The fourth-order valence-electron chi connectivity index (χ4n) is 4.35. The molecule has 0 amide bonds. The number of carbonyl (C=O) groups excluding carboxylic acids is 1. The fourth-order valence-corrected chi connectivity index (χ4v) is 4.35. The maximum absolute atomic E-state index is 12.5. The third-order valence-electron chi connectivity index (χ3n) is 5.17. The van der Waals surface area contributed by atoms with Crippen LogP contribution in [0.2, 0.25) is 0 Å². The Kier molecular flexibility index (Phi) is 3.55. The Morgan fingerprint density at radius 1 is 1.41 bits per heavy atom. The molecule has 0 aliphatic heterocycles. The number of hydrogen-bond donors (Lipinski definition) is 0. The predicted molar refractivity (Wildman–Crippen MR) is 63.0 cm³/mol. The Bertz CT molecular complexity index is 303. The van der Waals surface area contributed by atoms with Crippen molar-refractivity contribution in [1.29, 1.82) is 0 Å². The van der Waals surface area contributed by atoms with E-state index in [1.54, 1.807) is 0 Å². The number of hydrogen-bond acceptors (Lipinski definition) is 1. The lowest BCUT2D eigenvalue weighted by molar-refractivity contribution is -0.130. The normalized spacial score (nSPS) is 39.5. The van der Waals surface area contributed by atoms with Crippen LogP contribution in [0.1, 0.15) is 52.4 Å². The second-order valence-corrected chi connectivity index (χ2v) is 6.17. The first-order valence-electron chi connectivity index (χ1n) is 6.76. The summed E-state index contributed by atoms with van der Waals surface area (Å²) in [4.78, 5) is 11.9. The number of Topliss-reactive ketones (excluding diaryl/α,β-unsaturated/α-hetero) is 1. The summed E-state index contributed by atoms with van der Waals surface area (Å²) in [6, 6.07) is 0. The van der Waals surface area contributed by atoms with Gasteiger partial charge in [-0.3, -0.25) is 4.79 Å². The zero-order valence-electron chi connectivity index (χ0n) is 10.7. The van der Waals surface area contributed by atoms with E-state index in [9.17, 15) is 13.6 Å². The molecule has 0 bridgehead atoms. The number of fused-ring (bicyclic) bond motifs is 1. The molecular formula is C14H22F2O. The summed E-state index contributed by atoms with van der Waals surface area (Å²) in [7, 11) is 0. The van der Waals surface area contributed by atoms with Crippen molar-refractivity contribution in [2.75, 3.05) is 0 Å². The van der Waals surface area contributed by atoms with Gasteiger partial charge in [-0.25, -0.2) is 8.78 Å². The van der Waals surface area contributed by atoms with Crippen LogP contribution in [0.4, 0.5) is 8.78 Å². The average molecular weight is 244 g/mol. The first-order valence-corrected chi connectivity index (χ1v) is 6.76. The molecule has 0 aromatic heterocycles. The maximum Gasteiger partial charge on any atom is 0.238 e. The number of ketones is 1. The van der Waals surface area contributed by atoms with Gasteiger partial charge in [0.1, 0.15) is 5.78 Å². The third kappa shape index (κ3) is 2.25. The molecule has 0 aromatic rings. The quantitative estimate of drug-likeness (QED) is 0.731. The Labute approximate surface area is 102 Å². The van der Waals surface area contributed by atoms with Crippen molar-refractivity contribution in [1.82, 2.24) is 0 Å². The molecule has 0 aromatic carbocycles. The van der Waals surface area contributed by atoms with E-state index < -0.39 is 6.43 Å². The van der Waals surface area contributed by atoms with E-state index in [0.29, 0.717) is 18.1 Å². The summed E-state index contributed by atoms with van der Waals surface area (Å²) in [6.45, 7) is 4.10. The van der Waals surface area contributed by atoms with Gasteiger partial charge in [0.05, 0.1) is 0 Å². The smallest absolute Gasteiger partial charge is 0.238 e. The third-order valence-corrected chi connectivity index (χ3v) is 5.17. The van der Waals surface area contributed by atoms with Crippen LogP contribution in [0.3, 0.4) is 0 Å². The topological polar surface area (TPSA) is 17.1 Å². The minimum absolute atomic E-state index is 0.00361. The molecule has 2 rings (SSSR count). The lowest BCUT2D eigenvalue weighted by atomic mass is 9.62. The van der Waals surface area contributed by atoms with Crippen LogP contribution in [0.25, 0.3) is 0 Å². The van der Waals surface area contributed by atoms with E-state index in [1.165, 1.54) is 0 Å². The predicted octanol–water partition coefficient (Wildman–Crippen LogP) is 4.06. The van der Waals surface area contributed by atoms with E-state index in [2.05, 4.69) is 6.92 Å². The van der Waals surface area contributed by atoms with Gasteiger partial charge in [0.25, 0.3) is 0 Å². The van der Waals surface area contributed by atoms with E-state index >= 15 is 0 Å². The zero-order valence-corrected chi connectivity index (χ0v) is 10.7. The molecule has 0 heterocycles. The average Bonchev–Trinajstić information content (AvgIpc) is 2.55. The van der Waals surface area contributed by atoms with E-state index in [4.69, 9.17) is 0 Å². The minimum Gasteiger partial charge on any atom is -0.299 e. The van der Waals surface area contributed by atoms with Crippen LogP contribution in [-0.4, -0.2) is 12.2 Å². The Balaban J connectivity index is 2.12. The van der Waals surface area contributed by atoms with Gasteiger partial charge in [-0.15, -0.1) is 0 Å².